The third kappa shape index (κ3) is 2.38. The van der Waals surface area contributed by atoms with E-state index in [1.54, 1.807) is 6.92 Å². The van der Waals surface area contributed by atoms with Crippen LogP contribution in [0.3, 0.4) is 0 Å². The number of carboxylic acids is 1. The lowest BCUT2D eigenvalue weighted by atomic mass is 10.2. The number of carboxylic acid groups (broad SMARTS) is 1. The number of aryl methyl sites for hydroxylation is 2. The van der Waals surface area contributed by atoms with Crippen molar-refractivity contribution in [3.8, 4) is 0 Å². The number of nitrogens with zero attached hydrogens (tertiary/aromatic N) is 5. The van der Waals surface area contributed by atoms with Crippen molar-refractivity contribution >= 4 is 33.9 Å². The van der Waals surface area contributed by atoms with Crippen LogP contribution in [0.1, 0.15) is 22.8 Å². The van der Waals surface area contributed by atoms with Crippen LogP contribution in [0.5, 0.6) is 0 Å². The molecule has 25 heavy (non-hydrogen) atoms. The Morgan fingerprint density at radius 3 is 2.92 bits per heavy atom. The van der Waals surface area contributed by atoms with E-state index in [-0.39, 0.29) is 5.56 Å². The van der Waals surface area contributed by atoms with Crippen molar-refractivity contribution in [3.05, 3.63) is 48.0 Å². The molecule has 3 heterocycles. The first-order chi connectivity index (χ1) is 12.1. The highest BCUT2D eigenvalue weighted by Crippen LogP contribution is 2.27. The lowest BCUT2D eigenvalue weighted by molar-refractivity contribution is 0.0696. The third-order valence-corrected chi connectivity index (χ3v) is 4.26. The van der Waals surface area contributed by atoms with E-state index in [2.05, 4.69) is 20.5 Å². The van der Waals surface area contributed by atoms with Gasteiger partial charge in [0.25, 0.3) is 0 Å². The number of hydrogen-bond donors (Lipinski definition) is 2. The number of benzene rings is 1. The smallest absolute Gasteiger partial charge is 0.337 e. The molecule has 0 amide bonds. The first-order valence-corrected chi connectivity index (χ1v) is 7.87. The number of aromatic carboxylic acids is 1. The number of rotatable bonds is 4. The Bertz CT molecular complexity index is 1110. The first-order valence-electron chi connectivity index (χ1n) is 7.87. The lowest BCUT2D eigenvalue weighted by Gasteiger charge is -2.08. The largest absolute Gasteiger partial charge is 0.478 e. The Balaban J connectivity index is 1.79. The van der Waals surface area contributed by atoms with Gasteiger partial charge in [-0.15, -0.1) is 0 Å². The van der Waals surface area contributed by atoms with Gasteiger partial charge >= 0.3 is 5.97 Å². The van der Waals surface area contributed by atoms with Crippen molar-refractivity contribution in [2.75, 3.05) is 5.32 Å². The van der Waals surface area contributed by atoms with Gasteiger partial charge < -0.3 is 10.4 Å². The molecule has 3 aromatic heterocycles. The van der Waals surface area contributed by atoms with E-state index in [1.807, 2.05) is 36.0 Å². The zero-order valence-electron chi connectivity index (χ0n) is 13.8. The molecule has 8 heteroatoms. The van der Waals surface area contributed by atoms with Crippen LogP contribution in [0.4, 0.5) is 11.5 Å². The molecule has 0 unspecified atom stereocenters. The Kier molecular flexibility index (Phi) is 3.38. The monoisotopic (exact) mass is 336 g/mol. The number of anilines is 2. The maximum absolute atomic E-state index is 11.3. The van der Waals surface area contributed by atoms with Crippen LogP contribution in [0.25, 0.3) is 16.4 Å². The van der Waals surface area contributed by atoms with Crippen LogP contribution >= 0.6 is 0 Å². The predicted molar refractivity (Wildman–Crippen MR) is 93.4 cm³/mol. The summed E-state index contributed by atoms with van der Waals surface area (Å²) in [6.45, 7) is 4.61. The fraction of sp³-hybridized carbons (Fsp3) is 0.176. The summed E-state index contributed by atoms with van der Waals surface area (Å²) in [7, 11) is 0. The van der Waals surface area contributed by atoms with Crippen molar-refractivity contribution in [1.82, 2.24) is 24.4 Å². The third-order valence-electron chi connectivity index (χ3n) is 4.26. The molecule has 4 rings (SSSR count). The maximum atomic E-state index is 11.3. The Hall–Kier alpha value is -3.42. The number of aromatic nitrogens is 5. The van der Waals surface area contributed by atoms with Crippen LogP contribution < -0.4 is 5.32 Å². The van der Waals surface area contributed by atoms with Crippen molar-refractivity contribution < 1.29 is 9.90 Å². The normalized spacial score (nSPS) is 11.3. The molecule has 0 aliphatic heterocycles. The van der Waals surface area contributed by atoms with Crippen LogP contribution in [0.2, 0.25) is 0 Å². The van der Waals surface area contributed by atoms with Gasteiger partial charge in [0.05, 0.1) is 17.3 Å². The molecule has 0 bridgehead atoms. The van der Waals surface area contributed by atoms with Gasteiger partial charge in [-0.05, 0) is 37.6 Å². The molecular weight excluding hydrogens is 320 g/mol. The summed E-state index contributed by atoms with van der Waals surface area (Å²) in [5, 5.41) is 22.0. The molecule has 1 aromatic carbocycles. The molecule has 0 aliphatic carbocycles. The molecule has 0 aliphatic rings. The highest BCUT2D eigenvalue weighted by Gasteiger charge is 2.17. The van der Waals surface area contributed by atoms with E-state index in [0.29, 0.717) is 16.9 Å². The van der Waals surface area contributed by atoms with Crippen molar-refractivity contribution in [2.45, 2.75) is 20.4 Å². The van der Waals surface area contributed by atoms with E-state index in [1.165, 1.54) is 17.0 Å². The summed E-state index contributed by atoms with van der Waals surface area (Å²) in [5.74, 6) is -0.426. The summed E-state index contributed by atoms with van der Waals surface area (Å²) in [6, 6.07) is 5.94. The van der Waals surface area contributed by atoms with Crippen molar-refractivity contribution in [3.63, 3.8) is 0 Å². The lowest BCUT2D eigenvalue weighted by Crippen LogP contribution is -2.00. The number of nitrogens with one attached hydrogen (secondary N) is 1. The zero-order chi connectivity index (χ0) is 17.6. The second kappa shape index (κ2) is 5.59. The predicted octanol–water partition coefficient (Wildman–Crippen LogP) is 2.85. The van der Waals surface area contributed by atoms with Gasteiger partial charge in [0.15, 0.2) is 5.82 Å². The molecule has 0 saturated heterocycles. The Morgan fingerprint density at radius 2 is 2.16 bits per heavy atom. The van der Waals surface area contributed by atoms with Gasteiger partial charge in [0, 0.05) is 23.8 Å². The molecule has 0 fully saturated rings. The first kappa shape index (κ1) is 15.1. The summed E-state index contributed by atoms with van der Waals surface area (Å²) < 4.78 is 3.46. The average molecular weight is 336 g/mol. The molecule has 126 valence electrons. The molecule has 4 aromatic rings. The molecule has 0 spiro atoms. The van der Waals surface area contributed by atoms with E-state index in [9.17, 15) is 9.90 Å². The highest BCUT2D eigenvalue weighted by atomic mass is 16.4. The van der Waals surface area contributed by atoms with Crippen molar-refractivity contribution in [1.29, 1.82) is 0 Å². The second-order valence-corrected chi connectivity index (χ2v) is 5.73. The van der Waals surface area contributed by atoms with Gasteiger partial charge in [-0.3, -0.25) is 4.68 Å². The topological polar surface area (TPSA) is 97.3 Å². The quantitative estimate of drug-likeness (QED) is 0.595. The molecule has 0 atom stereocenters. The molecule has 8 nitrogen and oxygen atoms in total. The summed E-state index contributed by atoms with van der Waals surface area (Å²) >= 11 is 0. The molecular formula is C17H16N6O2. The Morgan fingerprint density at radius 1 is 1.32 bits per heavy atom. The van der Waals surface area contributed by atoms with Gasteiger partial charge in [-0.25, -0.2) is 14.3 Å². The highest BCUT2D eigenvalue weighted by molar-refractivity contribution is 5.94. The summed E-state index contributed by atoms with van der Waals surface area (Å²) in [6.07, 6.45) is 4.72. The average Bonchev–Trinajstić information content (AvgIpc) is 3.16. The van der Waals surface area contributed by atoms with E-state index in [0.717, 1.165) is 23.1 Å². The fourth-order valence-electron chi connectivity index (χ4n) is 3.02. The van der Waals surface area contributed by atoms with Crippen LogP contribution in [-0.4, -0.2) is 35.5 Å². The molecule has 0 radical (unpaired) electrons. The standard InChI is InChI=1S/C17H16N6O2/c1-3-22-14-5-4-12(6-11(14)7-19-22)21-16-15-10(2)13(17(24)25)8-23(15)20-9-18-16/h4-9H,3H2,1-2H3,(H,24,25)(H,18,20,21). The molecule has 0 saturated carbocycles. The molecule has 2 N–H and O–H groups in total. The zero-order valence-corrected chi connectivity index (χ0v) is 13.8. The minimum absolute atomic E-state index is 0.211. The number of fused-ring (bicyclic) bond motifs is 2. The van der Waals surface area contributed by atoms with Crippen LogP contribution in [0.15, 0.2) is 36.9 Å². The fourth-order valence-corrected chi connectivity index (χ4v) is 3.02. The maximum Gasteiger partial charge on any atom is 0.337 e. The SMILES string of the molecule is CCn1ncc2cc(Nc3ncnn4cc(C(=O)O)c(C)c34)ccc21. The van der Waals surface area contributed by atoms with E-state index in [4.69, 9.17) is 0 Å². The summed E-state index contributed by atoms with van der Waals surface area (Å²) in [5.41, 5.74) is 3.39. The van der Waals surface area contributed by atoms with Crippen molar-refractivity contribution in [2.24, 2.45) is 0 Å². The van der Waals surface area contributed by atoms with Gasteiger partial charge in [0.2, 0.25) is 0 Å². The number of hydrogen-bond acceptors (Lipinski definition) is 5. The van der Waals surface area contributed by atoms with E-state index < -0.39 is 5.97 Å². The van der Waals surface area contributed by atoms with Gasteiger partial charge in [-0.2, -0.15) is 10.2 Å². The van der Waals surface area contributed by atoms with E-state index >= 15 is 0 Å². The minimum Gasteiger partial charge on any atom is -0.478 e. The Labute approximate surface area is 142 Å². The van der Waals surface area contributed by atoms with Gasteiger partial charge in [-0.1, -0.05) is 0 Å². The van der Waals surface area contributed by atoms with Gasteiger partial charge in [0.1, 0.15) is 11.8 Å². The van der Waals surface area contributed by atoms with Crippen LogP contribution in [-0.2, 0) is 6.54 Å². The second-order valence-electron chi connectivity index (χ2n) is 5.73. The summed E-state index contributed by atoms with van der Waals surface area (Å²) in [4.78, 5) is 15.6. The van der Waals surface area contributed by atoms with Crippen LogP contribution in [0, 0.1) is 6.92 Å². The number of carbonyl (C=O) groups is 1. The minimum atomic E-state index is -0.984.